The molecule has 4 rings (SSSR count). The first-order valence-electron chi connectivity index (χ1n) is 8.04. The number of hydrogen-bond donors (Lipinski definition) is 1. The summed E-state index contributed by atoms with van der Waals surface area (Å²) in [6.07, 6.45) is 0. The van der Waals surface area contributed by atoms with Crippen molar-refractivity contribution in [3.8, 4) is 17.1 Å². The van der Waals surface area contributed by atoms with E-state index in [1.54, 1.807) is 31.4 Å². The van der Waals surface area contributed by atoms with E-state index in [1.807, 2.05) is 25.1 Å². The van der Waals surface area contributed by atoms with Crippen molar-refractivity contribution in [1.29, 1.82) is 0 Å². The van der Waals surface area contributed by atoms with Gasteiger partial charge in [0.15, 0.2) is 5.78 Å². The predicted molar refractivity (Wildman–Crippen MR) is 95.0 cm³/mol. The van der Waals surface area contributed by atoms with Crippen LogP contribution in [0.5, 0.6) is 5.75 Å². The second kappa shape index (κ2) is 6.40. The van der Waals surface area contributed by atoms with Crippen molar-refractivity contribution < 1.29 is 9.53 Å². The van der Waals surface area contributed by atoms with Crippen LogP contribution in [0.15, 0.2) is 42.5 Å². The summed E-state index contributed by atoms with van der Waals surface area (Å²) in [6.45, 7) is 1.92. The molecule has 0 bridgehead atoms. The van der Waals surface area contributed by atoms with E-state index in [0.717, 1.165) is 22.4 Å². The summed E-state index contributed by atoms with van der Waals surface area (Å²) in [5, 5.41) is 12.3. The Kier molecular flexibility index (Phi) is 3.92. The van der Waals surface area contributed by atoms with Gasteiger partial charge in [-0.2, -0.15) is 4.80 Å². The van der Waals surface area contributed by atoms with Gasteiger partial charge in [-0.15, -0.1) is 10.2 Å². The lowest BCUT2D eigenvalue weighted by Crippen LogP contribution is -2.13. The van der Waals surface area contributed by atoms with E-state index in [9.17, 15) is 4.79 Å². The maximum Gasteiger partial charge on any atom is 0.205 e. The fourth-order valence-electron chi connectivity index (χ4n) is 2.70. The van der Waals surface area contributed by atoms with E-state index >= 15 is 0 Å². The maximum atomic E-state index is 12.4. The number of nitrogens with one attached hydrogen (secondary N) is 1. The quantitative estimate of drug-likeness (QED) is 0.556. The van der Waals surface area contributed by atoms with E-state index in [2.05, 4.69) is 25.4 Å². The third-order valence-corrected chi connectivity index (χ3v) is 4.01. The zero-order valence-electron chi connectivity index (χ0n) is 14.3. The van der Waals surface area contributed by atoms with Crippen LogP contribution >= 0.6 is 0 Å². The van der Waals surface area contributed by atoms with Gasteiger partial charge in [-0.3, -0.25) is 4.79 Å². The molecule has 130 valence electrons. The van der Waals surface area contributed by atoms with Crippen LogP contribution in [0.3, 0.4) is 0 Å². The summed E-state index contributed by atoms with van der Waals surface area (Å²) >= 11 is 0. The molecule has 2 heterocycles. The van der Waals surface area contributed by atoms with Crippen molar-refractivity contribution in [2.75, 3.05) is 7.11 Å². The van der Waals surface area contributed by atoms with Crippen LogP contribution in [0.1, 0.15) is 16.2 Å². The molecule has 0 saturated carbocycles. The number of rotatable bonds is 5. The Balaban J connectivity index is 1.53. The lowest BCUT2D eigenvalue weighted by molar-refractivity contribution is 0.0961. The number of Topliss-reactive ketones (excluding diaryl/α,β-unsaturated/α-hetero) is 1. The van der Waals surface area contributed by atoms with Gasteiger partial charge >= 0.3 is 0 Å². The summed E-state index contributed by atoms with van der Waals surface area (Å²) < 4.78 is 5.09. The van der Waals surface area contributed by atoms with Gasteiger partial charge in [0.1, 0.15) is 18.1 Å². The maximum absolute atomic E-state index is 12.4. The number of ketones is 1. The highest BCUT2D eigenvalue weighted by molar-refractivity contribution is 5.95. The number of H-pyrrole nitrogens is 1. The predicted octanol–water partition coefficient (Wildman–Crippen LogP) is 2.42. The molecule has 0 fully saturated rings. The van der Waals surface area contributed by atoms with Gasteiger partial charge in [-0.25, -0.2) is 4.98 Å². The minimum absolute atomic E-state index is 0.0186. The molecule has 0 aliphatic carbocycles. The van der Waals surface area contributed by atoms with Crippen LogP contribution in [-0.2, 0) is 6.54 Å². The lowest BCUT2D eigenvalue weighted by atomic mass is 10.1. The highest BCUT2D eigenvalue weighted by atomic mass is 16.5. The number of benzene rings is 2. The summed E-state index contributed by atoms with van der Waals surface area (Å²) in [4.78, 5) is 21.2. The Morgan fingerprint density at radius 2 is 2.00 bits per heavy atom. The standard InChI is InChI=1S/C18H16N6O2/c1-11-19-15-8-5-13(9-16(15)20-11)18-21-23-24(22-18)10-17(25)12-3-6-14(26-2)7-4-12/h3-9H,10H2,1-2H3,(H,19,20). The molecule has 0 spiro atoms. The average molecular weight is 348 g/mol. The van der Waals surface area contributed by atoms with Crippen LogP contribution < -0.4 is 4.74 Å². The molecule has 0 aliphatic rings. The fourth-order valence-corrected chi connectivity index (χ4v) is 2.70. The molecule has 26 heavy (non-hydrogen) atoms. The van der Waals surface area contributed by atoms with Crippen molar-refractivity contribution in [3.63, 3.8) is 0 Å². The molecule has 2 aromatic heterocycles. The first-order valence-corrected chi connectivity index (χ1v) is 8.04. The molecule has 0 aliphatic heterocycles. The zero-order chi connectivity index (χ0) is 18.1. The fraction of sp³-hybridized carbons (Fsp3) is 0.167. The summed E-state index contributed by atoms with van der Waals surface area (Å²) in [5.41, 5.74) is 3.17. The molecular weight excluding hydrogens is 332 g/mol. The third-order valence-electron chi connectivity index (χ3n) is 4.01. The van der Waals surface area contributed by atoms with Gasteiger partial charge in [0.05, 0.1) is 18.1 Å². The normalized spacial score (nSPS) is 11.0. The largest absolute Gasteiger partial charge is 0.497 e. The molecule has 0 radical (unpaired) electrons. The molecule has 2 aromatic carbocycles. The highest BCUT2D eigenvalue weighted by Gasteiger charge is 2.12. The van der Waals surface area contributed by atoms with E-state index in [1.165, 1.54) is 4.80 Å². The molecule has 1 N–H and O–H groups in total. The molecule has 0 unspecified atom stereocenters. The number of aryl methyl sites for hydroxylation is 1. The monoisotopic (exact) mass is 348 g/mol. The van der Waals surface area contributed by atoms with Crippen LogP contribution in [-0.4, -0.2) is 43.1 Å². The second-order valence-corrected chi connectivity index (χ2v) is 5.85. The number of ether oxygens (including phenoxy) is 1. The van der Waals surface area contributed by atoms with Gasteiger partial charge in [-0.1, -0.05) is 0 Å². The number of tetrazole rings is 1. The number of imidazole rings is 1. The minimum atomic E-state index is -0.101. The Morgan fingerprint density at radius 3 is 2.77 bits per heavy atom. The number of aromatic nitrogens is 6. The number of hydrogen-bond acceptors (Lipinski definition) is 6. The van der Waals surface area contributed by atoms with Crippen molar-refractivity contribution in [2.45, 2.75) is 13.5 Å². The Labute approximate surface area is 148 Å². The van der Waals surface area contributed by atoms with Crippen molar-refractivity contribution >= 4 is 16.8 Å². The molecule has 0 amide bonds. The SMILES string of the molecule is COc1ccc(C(=O)Cn2nnc(-c3ccc4nc(C)[nH]c4c3)n2)cc1. The Morgan fingerprint density at radius 1 is 1.19 bits per heavy atom. The molecule has 4 aromatic rings. The first-order chi connectivity index (χ1) is 12.6. The zero-order valence-corrected chi connectivity index (χ0v) is 14.3. The van der Waals surface area contributed by atoms with Crippen molar-refractivity contribution in [1.82, 2.24) is 30.2 Å². The van der Waals surface area contributed by atoms with E-state index in [-0.39, 0.29) is 12.3 Å². The first kappa shape index (κ1) is 15.9. The summed E-state index contributed by atoms with van der Waals surface area (Å²) in [7, 11) is 1.58. The van der Waals surface area contributed by atoms with E-state index in [0.29, 0.717) is 17.1 Å². The highest BCUT2D eigenvalue weighted by Crippen LogP contribution is 2.20. The molecule has 0 atom stereocenters. The molecule has 0 saturated heterocycles. The minimum Gasteiger partial charge on any atom is -0.497 e. The van der Waals surface area contributed by atoms with Gasteiger partial charge in [0.2, 0.25) is 5.82 Å². The lowest BCUT2D eigenvalue weighted by Gasteiger charge is -2.02. The van der Waals surface area contributed by atoms with E-state index < -0.39 is 0 Å². The second-order valence-electron chi connectivity index (χ2n) is 5.85. The Hall–Kier alpha value is -3.55. The number of carbonyl (C=O) groups is 1. The number of carbonyl (C=O) groups excluding carboxylic acids is 1. The number of nitrogens with zero attached hydrogens (tertiary/aromatic N) is 5. The Bertz CT molecular complexity index is 1080. The molecule has 8 nitrogen and oxygen atoms in total. The number of methoxy groups -OCH3 is 1. The smallest absolute Gasteiger partial charge is 0.205 e. The van der Waals surface area contributed by atoms with Gasteiger partial charge in [0, 0.05) is 11.1 Å². The van der Waals surface area contributed by atoms with Gasteiger partial charge in [-0.05, 0) is 54.6 Å². The van der Waals surface area contributed by atoms with Crippen LogP contribution in [0.4, 0.5) is 0 Å². The number of fused-ring (bicyclic) bond motifs is 1. The summed E-state index contributed by atoms with van der Waals surface area (Å²) in [5.74, 6) is 1.91. The average Bonchev–Trinajstić information content (AvgIpc) is 3.26. The van der Waals surface area contributed by atoms with Gasteiger partial charge in [0.25, 0.3) is 0 Å². The molecule has 8 heteroatoms. The number of aromatic amines is 1. The van der Waals surface area contributed by atoms with E-state index in [4.69, 9.17) is 4.74 Å². The molecular formula is C18H16N6O2. The van der Waals surface area contributed by atoms with Crippen LogP contribution in [0.2, 0.25) is 0 Å². The van der Waals surface area contributed by atoms with Gasteiger partial charge < -0.3 is 9.72 Å². The summed E-state index contributed by atoms with van der Waals surface area (Å²) in [6, 6.07) is 12.6. The van der Waals surface area contributed by atoms with Crippen LogP contribution in [0.25, 0.3) is 22.4 Å². The third kappa shape index (κ3) is 3.04. The van der Waals surface area contributed by atoms with Crippen LogP contribution in [0, 0.1) is 6.92 Å². The van der Waals surface area contributed by atoms with Crippen molar-refractivity contribution in [2.24, 2.45) is 0 Å². The topological polar surface area (TPSA) is 98.6 Å². The van der Waals surface area contributed by atoms with Crippen molar-refractivity contribution in [3.05, 3.63) is 53.9 Å².